The SMILES string of the molecule is CCCCCOc1cccc(C2C(=C(O)c3ccc(OC)cc3)C(=O)C(=O)N2Cc2ccccc2)c1. The van der Waals surface area contributed by atoms with Crippen LogP contribution >= 0.6 is 0 Å². The Hall–Kier alpha value is -4.06. The van der Waals surface area contributed by atoms with E-state index in [1.165, 1.54) is 4.90 Å². The van der Waals surface area contributed by atoms with E-state index in [4.69, 9.17) is 9.47 Å². The Morgan fingerprint density at radius 1 is 0.917 bits per heavy atom. The number of methoxy groups -OCH3 is 1. The maximum atomic E-state index is 13.3. The fourth-order valence-corrected chi connectivity index (χ4v) is 4.39. The van der Waals surface area contributed by atoms with Crippen molar-refractivity contribution < 1.29 is 24.2 Å². The average molecular weight is 486 g/mol. The van der Waals surface area contributed by atoms with E-state index >= 15 is 0 Å². The molecule has 6 heteroatoms. The van der Waals surface area contributed by atoms with E-state index in [2.05, 4.69) is 6.92 Å². The standard InChI is InChI=1S/C30H31NO5/c1-3-4-8-18-36-25-13-9-12-23(19-25)27-26(28(32)22-14-16-24(35-2)17-15-22)29(33)30(34)31(27)20-21-10-6-5-7-11-21/h5-7,9-17,19,27,32H,3-4,8,18,20H2,1-2H3. The first-order valence-electron chi connectivity index (χ1n) is 12.2. The predicted molar refractivity (Wildman–Crippen MR) is 139 cm³/mol. The minimum atomic E-state index is -0.758. The first kappa shape index (κ1) is 25.0. The number of Topliss-reactive ketones (excluding diaryl/α,β-unsaturated/α-hetero) is 1. The predicted octanol–water partition coefficient (Wildman–Crippen LogP) is 5.89. The number of hydrogen-bond acceptors (Lipinski definition) is 5. The zero-order valence-electron chi connectivity index (χ0n) is 20.6. The van der Waals surface area contributed by atoms with Gasteiger partial charge in [0.1, 0.15) is 17.3 Å². The summed E-state index contributed by atoms with van der Waals surface area (Å²) in [4.78, 5) is 28.1. The average Bonchev–Trinajstić information content (AvgIpc) is 3.16. The van der Waals surface area contributed by atoms with E-state index in [9.17, 15) is 14.7 Å². The van der Waals surface area contributed by atoms with E-state index < -0.39 is 17.7 Å². The molecule has 3 aromatic rings. The van der Waals surface area contributed by atoms with Crippen molar-refractivity contribution in [2.24, 2.45) is 0 Å². The fourth-order valence-electron chi connectivity index (χ4n) is 4.39. The first-order valence-corrected chi connectivity index (χ1v) is 12.2. The smallest absolute Gasteiger partial charge is 0.295 e. The zero-order valence-corrected chi connectivity index (χ0v) is 20.6. The van der Waals surface area contributed by atoms with Gasteiger partial charge >= 0.3 is 0 Å². The number of hydrogen-bond donors (Lipinski definition) is 1. The van der Waals surface area contributed by atoms with Gasteiger partial charge in [-0.25, -0.2) is 0 Å². The lowest BCUT2D eigenvalue weighted by Gasteiger charge is -2.26. The number of nitrogens with zero attached hydrogens (tertiary/aromatic N) is 1. The van der Waals surface area contributed by atoms with Crippen LogP contribution in [-0.2, 0) is 16.1 Å². The molecule has 0 radical (unpaired) electrons. The molecule has 1 fully saturated rings. The summed E-state index contributed by atoms with van der Waals surface area (Å²) < 4.78 is 11.1. The number of aliphatic hydroxyl groups excluding tert-OH is 1. The lowest BCUT2D eigenvalue weighted by molar-refractivity contribution is -0.140. The number of likely N-dealkylation sites (tertiary alicyclic amines) is 1. The minimum Gasteiger partial charge on any atom is -0.507 e. The molecule has 0 aliphatic carbocycles. The van der Waals surface area contributed by atoms with Gasteiger partial charge in [-0.15, -0.1) is 0 Å². The van der Waals surface area contributed by atoms with Crippen LogP contribution in [0.1, 0.15) is 48.9 Å². The molecular formula is C30H31NO5. The number of ether oxygens (including phenoxy) is 2. The van der Waals surface area contributed by atoms with Crippen molar-refractivity contribution in [1.82, 2.24) is 4.90 Å². The summed E-state index contributed by atoms with van der Waals surface area (Å²) in [6.07, 6.45) is 3.13. The fraction of sp³-hybridized carbons (Fsp3) is 0.267. The van der Waals surface area contributed by atoms with Crippen LogP contribution in [0.15, 0.2) is 84.4 Å². The van der Waals surface area contributed by atoms with Gasteiger partial charge < -0.3 is 19.5 Å². The Balaban J connectivity index is 1.76. The summed E-state index contributed by atoms with van der Waals surface area (Å²) in [7, 11) is 1.56. The molecule has 36 heavy (non-hydrogen) atoms. The molecule has 1 unspecified atom stereocenters. The second kappa shape index (κ2) is 11.6. The molecule has 1 amide bonds. The van der Waals surface area contributed by atoms with Crippen molar-refractivity contribution in [1.29, 1.82) is 0 Å². The van der Waals surface area contributed by atoms with Crippen molar-refractivity contribution in [3.63, 3.8) is 0 Å². The van der Waals surface area contributed by atoms with Gasteiger partial charge in [-0.1, -0.05) is 62.2 Å². The van der Waals surface area contributed by atoms with Crippen molar-refractivity contribution in [2.45, 2.75) is 38.8 Å². The van der Waals surface area contributed by atoms with Crippen LogP contribution in [0.25, 0.3) is 5.76 Å². The molecular weight excluding hydrogens is 454 g/mol. The number of carbonyl (C=O) groups is 2. The quantitative estimate of drug-likeness (QED) is 0.168. The van der Waals surface area contributed by atoms with Crippen molar-refractivity contribution >= 4 is 17.4 Å². The highest BCUT2D eigenvalue weighted by Gasteiger charge is 2.46. The van der Waals surface area contributed by atoms with Crippen molar-refractivity contribution in [3.05, 3.63) is 101 Å². The maximum absolute atomic E-state index is 13.3. The van der Waals surface area contributed by atoms with Crippen LogP contribution in [0.3, 0.4) is 0 Å². The van der Waals surface area contributed by atoms with E-state index in [1.54, 1.807) is 31.4 Å². The van der Waals surface area contributed by atoms with Gasteiger partial charge in [0, 0.05) is 12.1 Å². The van der Waals surface area contributed by atoms with Crippen molar-refractivity contribution in [3.8, 4) is 11.5 Å². The number of amides is 1. The molecule has 0 spiro atoms. The number of ketones is 1. The van der Waals surface area contributed by atoms with Crippen LogP contribution < -0.4 is 9.47 Å². The lowest BCUT2D eigenvalue weighted by Crippen LogP contribution is -2.29. The first-order chi connectivity index (χ1) is 17.5. The highest BCUT2D eigenvalue weighted by Crippen LogP contribution is 2.41. The molecule has 0 bridgehead atoms. The van der Waals surface area contributed by atoms with Crippen LogP contribution in [0.4, 0.5) is 0 Å². The number of rotatable bonds is 10. The molecule has 0 aromatic heterocycles. The monoisotopic (exact) mass is 485 g/mol. The van der Waals surface area contributed by atoms with Crippen LogP contribution in [-0.4, -0.2) is 35.4 Å². The number of aliphatic hydroxyl groups is 1. The number of benzene rings is 3. The molecule has 1 atom stereocenters. The zero-order chi connectivity index (χ0) is 25.5. The molecule has 1 saturated heterocycles. The second-order valence-corrected chi connectivity index (χ2v) is 8.77. The molecule has 6 nitrogen and oxygen atoms in total. The topological polar surface area (TPSA) is 76.1 Å². The van der Waals surface area contributed by atoms with Gasteiger partial charge in [-0.05, 0) is 53.9 Å². The second-order valence-electron chi connectivity index (χ2n) is 8.77. The Labute approximate surface area is 211 Å². The minimum absolute atomic E-state index is 0.0595. The molecule has 0 saturated carbocycles. The van der Waals surface area contributed by atoms with Crippen LogP contribution in [0.5, 0.6) is 11.5 Å². The highest BCUT2D eigenvalue weighted by atomic mass is 16.5. The third-order valence-electron chi connectivity index (χ3n) is 6.29. The van der Waals surface area contributed by atoms with E-state index in [-0.39, 0.29) is 17.9 Å². The van der Waals surface area contributed by atoms with E-state index in [0.29, 0.717) is 29.2 Å². The summed E-state index contributed by atoms with van der Waals surface area (Å²) in [5.41, 5.74) is 2.09. The molecule has 1 heterocycles. The normalized spacial score (nSPS) is 16.8. The molecule has 1 N–H and O–H groups in total. The van der Waals surface area contributed by atoms with Crippen LogP contribution in [0.2, 0.25) is 0 Å². The van der Waals surface area contributed by atoms with Gasteiger partial charge in [0.15, 0.2) is 0 Å². The van der Waals surface area contributed by atoms with Crippen molar-refractivity contribution in [2.75, 3.05) is 13.7 Å². The third kappa shape index (κ3) is 5.43. The lowest BCUT2D eigenvalue weighted by atomic mass is 9.95. The largest absolute Gasteiger partial charge is 0.507 e. The van der Waals surface area contributed by atoms with Gasteiger partial charge in [0.2, 0.25) is 0 Å². The Bertz CT molecular complexity index is 1230. The Morgan fingerprint density at radius 3 is 2.36 bits per heavy atom. The Morgan fingerprint density at radius 2 is 1.67 bits per heavy atom. The molecule has 1 aliphatic heterocycles. The molecule has 3 aromatic carbocycles. The molecule has 1 aliphatic rings. The molecule has 4 rings (SSSR count). The number of carbonyl (C=O) groups excluding carboxylic acids is 2. The summed E-state index contributed by atoms with van der Waals surface area (Å²) in [5, 5.41) is 11.3. The summed E-state index contributed by atoms with van der Waals surface area (Å²) in [5.74, 6) is -0.281. The Kier molecular flexibility index (Phi) is 8.06. The summed E-state index contributed by atoms with van der Waals surface area (Å²) >= 11 is 0. The van der Waals surface area contributed by atoms with Crippen LogP contribution in [0, 0.1) is 0 Å². The summed E-state index contributed by atoms with van der Waals surface area (Å²) in [6.45, 7) is 2.96. The highest BCUT2D eigenvalue weighted by molar-refractivity contribution is 6.46. The van der Waals surface area contributed by atoms with E-state index in [1.807, 2.05) is 54.6 Å². The third-order valence-corrected chi connectivity index (χ3v) is 6.29. The van der Waals surface area contributed by atoms with Gasteiger partial charge in [-0.3, -0.25) is 9.59 Å². The summed E-state index contributed by atoms with van der Waals surface area (Å²) in [6, 6.07) is 22.9. The van der Waals surface area contributed by atoms with Gasteiger partial charge in [0.05, 0.1) is 25.3 Å². The number of unbranched alkanes of at least 4 members (excludes halogenated alkanes) is 2. The molecule has 186 valence electrons. The maximum Gasteiger partial charge on any atom is 0.295 e. The van der Waals surface area contributed by atoms with Gasteiger partial charge in [-0.2, -0.15) is 0 Å². The van der Waals surface area contributed by atoms with Gasteiger partial charge in [0.25, 0.3) is 11.7 Å². The van der Waals surface area contributed by atoms with E-state index in [0.717, 1.165) is 24.8 Å².